The van der Waals surface area contributed by atoms with Gasteiger partial charge in [-0.05, 0) is 60.7 Å². The van der Waals surface area contributed by atoms with E-state index in [0.717, 1.165) is 14.7 Å². The minimum absolute atomic E-state index is 0.0117. The number of nitrogens with zero attached hydrogens (tertiary/aromatic N) is 1. The van der Waals surface area contributed by atoms with Crippen LogP contribution in [0.1, 0.15) is 6.42 Å². The van der Waals surface area contributed by atoms with Crippen molar-refractivity contribution in [3.05, 3.63) is 90.5 Å². The van der Waals surface area contributed by atoms with Crippen molar-refractivity contribution in [2.45, 2.75) is 45.3 Å². The number of rotatable bonds is 10. The van der Waals surface area contributed by atoms with Crippen LogP contribution in [0.4, 0.5) is 8.78 Å². The van der Waals surface area contributed by atoms with Gasteiger partial charge in [0, 0.05) is 33.1 Å². The average molecular weight is 520 g/mol. The van der Waals surface area contributed by atoms with E-state index in [4.69, 9.17) is 9.13 Å². The lowest BCUT2D eigenvalue weighted by Crippen LogP contribution is -2.30. The molecule has 33 heavy (non-hydrogen) atoms. The van der Waals surface area contributed by atoms with Crippen LogP contribution in [-0.4, -0.2) is 24.8 Å². The standard InChI is InChI=1S/C25H27F2NOS3Si/c1-33(2,3)18-29-24(28-32-23-7-5-4-6-8-23)17-25(30-21-13-9-19(26)10-14-21)31-22-15-11-20(27)12-16-22/h4-16,25H,17-18H2,1-3H3. The predicted molar refractivity (Wildman–Crippen MR) is 142 cm³/mol. The lowest BCUT2D eigenvalue weighted by molar-refractivity contribution is 0.357. The molecule has 2 nitrogen and oxygen atoms in total. The SMILES string of the molecule is C[Si](C)(C)COC(CC(Sc1ccc(F)cc1)Sc1ccc(F)cc1)=NSc1ccccc1. The molecule has 0 aliphatic heterocycles. The minimum atomic E-state index is -1.45. The summed E-state index contributed by atoms with van der Waals surface area (Å²) in [5.41, 5.74) is 0. The third-order valence-corrected chi connectivity index (χ3v) is 8.48. The van der Waals surface area contributed by atoms with Crippen LogP contribution in [0.15, 0.2) is 97.9 Å². The average Bonchev–Trinajstić information content (AvgIpc) is 2.79. The molecule has 0 radical (unpaired) electrons. The molecule has 3 aromatic rings. The van der Waals surface area contributed by atoms with Crippen LogP contribution in [0.3, 0.4) is 0 Å². The molecule has 0 aliphatic carbocycles. The molecule has 0 spiro atoms. The first-order valence-corrected chi connectivity index (χ1v) is 16.8. The molecule has 174 valence electrons. The molecule has 3 aromatic carbocycles. The van der Waals surface area contributed by atoms with Crippen LogP contribution in [0.2, 0.25) is 19.6 Å². The Morgan fingerprint density at radius 3 is 1.79 bits per heavy atom. The van der Waals surface area contributed by atoms with Gasteiger partial charge in [0.05, 0.1) is 18.9 Å². The molecule has 0 atom stereocenters. The Kier molecular flexibility index (Phi) is 9.91. The van der Waals surface area contributed by atoms with Gasteiger partial charge in [0.2, 0.25) is 0 Å². The second-order valence-corrected chi connectivity index (χ2v) is 17.6. The summed E-state index contributed by atoms with van der Waals surface area (Å²) in [7, 11) is -1.45. The molecular formula is C25H27F2NOS3Si. The van der Waals surface area contributed by atoms with E-state index in [1.54, 1.807) is 47.8 Å². The van der Waals surface area contributed by atoms with Gasteiger partial charge in [-0.2, -0.15) is 4.40 Å². The van der Waals surface area contributed by atoms with E-state index >= 15 is 0 Å². The molecule has 0 saturated carbocycles. The Balaban J connectivity index is 1.81. The lowest BCUT2D eigenvalue weighted by atomic mass is 10.3. The molecule has 8 heteroatoms. The third kappa shape index (κ3) is 9.96. The van der Waals surface area contributed by atoms with Crippen LogP contribution >= 0.6 is 35.5 Å². The van der Waals surface area contributed by atoms with Crippen LogP contribution in [0, 0.1) is 11.6 Å². The van der Waals surface area contributed by atoms with Gasteiger partial charge in [0.15, 0.2) is 5.90 Å². The van der Waals surface area contributed by atoms with E-state index in [1.807, 2.05) is 30.3 Å². The smallest absolute Gasteiger partial charge is 0.196 e. The summed E-state index contributed by atoms with van der Waals surface area (Å²) in [4.78, 5) is 2.95. The van der Waals surface area contributed by atoms with Gasteiger partial charge in [0.1, 0.15) is 11.6 Å². The first kappa shape index (κ1) is 25.9. The van der Waals surface area contributed by atoms with Gasteiger partial charge >= 0.3 is 0 Å². The van der Waals surface area contributed by atoms with Crippen LogP contribution < -0.4 is 0 Å². The Hall–Kier alpha value is -1.74. The van der Waals surface area contributed by atoms with E-state index in [9.17, 15) is 8.78 Å². The highest BCUT2D eigenvalue weighted by Crippen LogP contribution is 2.38. The summed E-state index contributed by atoms with van der Waals surface area (Å²) in [6, 6.07) is 22.9. The molecule has 0 saturated heterocycles. The second kappa shape index (κ2) is 12.6. The summed E-state index contributed by atoms with van der Waals surface area (Å²) in [6.07, 6.45) is 1.25. The van der Waals surface area contributed by atoms with Crippen LogP contribution in [-0.2, 0) is 4.74 Å². The van der Waals surface area contributed by atoms with Crippen molar-refractivity contribution in [1.29, 1.82) is 0 Å². The van der Waals surface area contributed by atoms with Crippen LogP contribution in [0.25, 0.3) is 0 Å². The fraction of sp³-hybridized carbons (Fsp3) is 0.240. The third-order valence-electron chi connectivity index (χ3n) is 4.17. The molecule has 0 unspecified atom stereocenters. The molecule has 0 aliphatic rings. The maximum atomic E-state index is 13.4. The van der Waals surface area contributed by atoms with E-state index in [2.05, 4.69) is 19.6 Å². The maximum Gasteiger partial charge on any atom is 0.196 e. The molecule has 0 heterocycles. The number of hydrogen-bond donors (Lipinski definition) is 0. The predicted octanol–water partition coefficient (Wildman–Crippen LogP) is 8.57. The Morgan fingerprint density at radius 2 is 1.30 bits per heavy atom. The van der Waals surface area contributed by atoms with E-state index in [0.29, 0.717) is 18.5 Å². The topological polar surface area (TPSA) is 21.6 Å². The largest absolute Gasteiger partial charge is 0.484 e. The summed E-state index contributed by atoms with van der Waals surface area (Å²) in [6.45, 7) is 6.77. The molecular weight excluding hydrogens is 493 g/mol. The Morgan fingerprint density at radius 1 is 0.788 bits per heavy atom. The highest BCUT2D eigenvalue weighted by atomic mass is 32.2. The van der Waals surface area contributed by atoms with Crippen molar-refractivity contribution in [3.8, 4) is 0 Å². The number of thioether (sulfide) groups is 2. The van der Waals surface area contributed by atoms with Crippen molar-refractivity contribution in [3.63, 3.8) is 0 Å². The monoisotopic (exact) mass is 519 g/mol. The van der Waals surface area contributed by atoms with Crippen molar-refractivity contribution >= 4 is 49.4 Å². The number of ether oxygens (including phenoxy) is 1. The van der Waals surface area contributed by atoms with Crippen molar-refractivity contribution < 1.29 is 13.5 Å². The van der Waals surface area contributed by atoms with E-state index in [1.165, 1.54) is 36.2 Å². The van der Waals surface area contributed by atoms with Gasteiger partial charge in [-0.25, -0.2) is 8.78 Å². The molecule has 0 amide bonds. The Bertz CT molecular complexity index is 979. The molecule has 3 rings (SSSR count). The fourth-order valence-corrected chi connectivity index (χ4v) is 6.30. The van der Waals surface area contributed by atoms with E-state index < -0.39 is 8.07 Å². The normalized spacial score (nSPS) is 12.2. The van der Waals surface area contributed by atoms with Crippen molar-refractivity contribution in [1.82, 2.24) is 0 Å². The van der Waals surface area contributed by atoms with Gasteiger partial charge in [-0.3, -0.25) is 0 Å². The van der Waals surface area contributed by atoms with Crippen molar-refractivity contribution in [2.24, 2.45) is 4.40 Å². The number of hydrogen-bond acceptors (Lipinski definition) is 5. The number of benzene rings is 3. The van der Waals surface area contributed by atoms with Gasteiger partial charge in [0.25, 0.3) is 0 Å². The van der Waals surface area contributed by atoms with E-state index in [-0.39, 0.29) is 16.2 Å². The second-order valence-electron chi connectivity index (χ2n) is 8.52. The highest BCUT2D eigenvalue weighted by molar-refractivity contribution is 8.17. The van der Waals surface area contributed by atoms with Gasteiger partial charge in [-0.15, -0.1) is 23.5 Å². The lowest BCUT2D eigenvalue weighted by Gasteiger charge is -2.21. The summed E-state index contributed by atoms with van der Waals surface area (Å²) in [5.74, 6) is 0.157. The molecule has 0 aromatic heterocycles. The first-order chi connectivity index (χ1) is 15.8. The summed E-state index contributed by atoms with van der Waals surface area (Å²) in [5, 5.41) is 0. The fourth-order valence-electron chi connectivity index (χ4n) is 2.59. The molecule has 0 bridgehead atoms. The molecule has 0 fully saturated rings. The van der Waals surface area contributed by atoms with Gasteiger partial charge in [-0.1, -0.05) is 37.8 Å². The zero-order valence-corrected chi connectivity index (χ0v) is 22.3. The number of halogens is 2. The molecule has 0 N–H and O–H groups in total. The van der Waals surface area contributed by atoms with Gasteiger partial charge < -0.3 is 4.74 Å². The summed E-state index contributed by atoms with van der Waals surface area (Å²) < 4.78 is 37.8. The summed E-state index contributed by atoms with van der Waals surface area (Å²) >= 11 is 4.65. The minimum Gasteiger partial charge on any atom is -0.484 e. The highest BCUT2D eigenvalue weighted by Gasteiger charge is 2.21. The maximum absolute atomic E-state index is 13.4. The zero-order chi connectivity index (χ0) is 23.7. The van der Waals surface area contributed by atoms with Crippen molar-refractivity contribution in [2.75, 3.05) is 6.23 Å². The van der Waals surface area contributed by atoms with Crippen LogP contribution in [0.5, 0.6) is 0 Å². The quantitative estimate of drug-likeness (QED) is 0.0668. The first-order valence-electron chi connectivity index (χ1n) is 10.5. The zero-order valence-electron chi connectivity index (χ0n) is 18.8. The Labute approximate surface area is 208 Å².